The van der Waals surface area contributed by atoms with Crippen molar-refractivity contribution in [1.82, 2.24) is 5.32 Å². The van der Waals surface area contributed by atoms with Gasteiger partial charge in [0.2, 0.25) is 0 Å². The highest BCUT2D eigenvalue weighted by Crippen LogP contribution is 2.36. The van der Waals surface area contributed by atoms with E-state index in [2.05, 4.69) is 10.3 Å². The Hall–Kier alpha value is -1.09. The third-order valence-corrected chi connectivity index (χ3v) is 4.93. The lowest BCUT2D eigenvalue weighted by molar-refractivity contribution is -0.227. The van der Waals surface area contributed by atoms with E-state index >= 15 is 0 Å². The normalized spacial score (nSPS) is 54.2. The fourth-order valence-corrected chi connectivity index (χ4v) is 3.35. The summed E-state index contributed by atoms with van der Waals surface area (Å²) in [5.74, 6) is 0. The van der Waals surface area contributed by atoms with Gasteiger partial charge < -0.3 is 55.6 Å². The Morgan fingerprint density at radius 3 is 2.28 bits per heavy atom. The summed E-state index contributed by atoms with van der Waals surface area (Å²) in [4.78, 5) is 3.88. The molecule has 3 fully saturated rings. The molecule has 2 aliphatic heterocycles. The Morgan fingerprint density at radius 2 is 1.68 bits per heavy atom. The molecule has 0 aromatic rings. The van der Waals surface area contributed by atoms with Crippen molar-refractivity contribution in [2.45, 2.75) is 60.6 Å². The number of aliphatic hydroxyl groups excluding tert-OH is 7. The molecule has 3 aliphatic rings. The molecule has 0 radical (unpaired) electrons. The number of ether oxygens (including phenoxy) is 2. The minimum absolute atomic E-state index is 0.267. The predicted octanol–water partition coefficient (Wildman–Crippen LogP) is -6.04. The number of hydrogen-bond donors (Lipinski definition) is 9. The maximum Gasteiger partial charge on any atom is 0.288 e. The smallest absolute Gasteiger partial charge is 0.288 e. The van der Waals surface area contributed by atoms with E-state index in [0.29, 0.717) is 0 Å². The molecule has 9 N–H and O–H groups in total. The molecule has 2 saturated heterocycles. The van der Waals surface area contributed by atoms with E-state index in [1.165, 1.54) is 0 Å². The zero-order chi connectivity index (χ0) is 18.5. The van der Waals surface area contributed by atoms with Crippen LogP contribution in [0.4, 0.5) is 0 Å². The first-order valence-electron chi connectivity index (χ1n) is 7.75. The maximum absolute atomic E-state index is 10.3. The SMILES string of the molecule is OCC1O[C@H](/N=C2/NC3C(O2)C(O)[C@H](O)C3(O)CO)C(O)C(O)[C@@H]1O. The van der Waals surface area contributed by atoms with E-state index in [0.717, 1.165) is 0 Å². The standard InChI is InChI=1S/C13H22N2O10/c16-1-3-4(18)5(19)6(20)11(24-3)15-12-14-9-8(25-12)7(21)10(22)13(9,23)2-17/h3-11,16-23H,1-2H2,(H,14,15)/t3?,4-,5?,6?,7?,8?,9?,10+,11+,13?/m1/s1. The minimum Gasteiger partial charge on any atom is -0.457 e. The molecule has 2 heterocycles. The second kappa shape index (κ2) is 6.57. The second-order valence-electron chi connectivity index (χ2n) is 6.44. The van der Waals surface area contributed by atoms with Crippen molar-refractivity contribution >= 4 is 6.02 Å². The Kier molecular flexibility index (Phi) is 4.91. The summed E-state index contributed by atoms with van der Waals surface area (Å²) in [5.41, 5.74) is -2.07. The highest BCUT2D eigenvalue weighted by Gasteiger charge is 2.64. The van der Waals surface area contributed by atoms with Crippen LogP contribution in [-0.4, -0.2) is 121 Å². The fraction of sp³-hybridized carbons (Fsp3) is 0.923. The van der Waals surface area contributed by atoms with Gasteiger partial charge in [0.1, 0.15) is 48.3 Å². The van der Waals surface area contributed by atoms with Crippen molar-refractivity contribution in [1.29, 1.82) is 0 Å². The van der Waals surface area contributed by atoms with Gasteiger partial charge in [0, 0.05) is 0 Å². The summed E-state index contributed by atoms with van der Waals surface area (Å²) in [5, 5.41) is 80.5. The van der Waals surface area contributed by atoms with Gasteiger partial charge in [-0.15, -0.1) is 0 Å². The summed E-state index contributed by atoms with van der Waals surface area (Å²) >= 11 is 0. The van der Waals surface area contributed by atoms with Crippen LogP contribution in [0.15, 0.2) is 4.99 Å². The Morgan fingerprint density at radius 1 is 1.00 bits per heavy atom. The van der Waals surface area contributed by atoms with Crippen LogP contribution in [0.3, 0.4) is 0 Å². The van der Waals surface area contributed by atoms with Crippen molar-refractivity contribution in [2.75, 3.05) is 13.2 Å². The van der Waals surface area contributed by atoms with Gasteiger partial charge in [0.25, 0.3) is 6.02 Å². The summed E-state index contributed by atoms with van der Waals surface area (Å²) in [6.45, 7) is -1.48. The number of aliphatic imine (C=N–C) groups is 1. The summed E-state index contributed by atoms with van der Waals surface area (Å²) in [7, 11) is 0. The van der Waals surface area contributed by atoms with Crippen LogP contribution in [0.25, 0.3) is 0 Å². The molecule has 1 aliphatic carbocycles. The Balaban J connectivity index is 1.78. The zero-order valence-corrected chi connectivity index (χ0v) is 13.0. The Labute approximate surface area is 141 Å². The number of nitrogens with zero attached hydrogens (tertiary/aromatic N) is 1. The topological polar surface area (TPSA) is 205 Å². The molecular formula is C13H22N2O10. The summed E-state index contributed by atoms with van der Waals surface area (Å²) in [6.07, 6.45) is -11.6. The number of rotatable bonds is 3. The van der Waals surface area contributed by atoms with Crippen LogP contribution in [0.2, 0.25) is 0 Å². The fourth-order valence-electron chi connectivity index (χ4n) is 3.35. The monoisotopic (exact) mass is 366 g/mol. The third-order valence-electron chi connectivity index (χ3n) is 4.93. The van der Waals surface area contributed by atoms with Gasteiger partial charge in [-0.1, -0.05) is 0 Å². The van der Waals surface area contributed by atoms with E-state index < -0.39 is 73.8 Å². The molecule has 0 amide bonds. The number of nitrogens with one attached hydrogen (secondary N) is 1. The van der Waals surface area contributed by atoms with E-state index in [-0.39, 0.29) is 6.02 Å². The minimum atomic E-state index is -2.07. The van der Waals surface area contributed by atoms with Crippen LogP contribution in [0.1, 0.15) is 0 Å². The summed E-state index contributed by atoms with van der Waals surface area (Å²) < 4.78 is 10.5. The lowest BCUT2D eigenvalue weighted by atomic mass is 9.96. The average Bonchev–Trinajstić information content (AvgIpc) is 3.10. The molecule has 3 rings (SSSR count). The average molecular weight is 366 g/mol. The second-order valence-corrected chi connectivity index (χ2v) is 6.44. The molecule has 1 saturated carbocycles. The zero-order valence-electron chi connectivity index (χ0n) is 13.0. The first-order chi connectivity index (χ1) is 11.7. The number of hydrogen-bond acceptors (Lipinski definition) is 11. The van der Waals surface area contributed by atoms with Crippen LogP contribution in [-0.2, 0) is 9.47 Å². The first kappa shape index (κ1) is 18.7. The first-order valence-corrected chi connectivity index (χ1v) is 7.75. The van der Waals surface area contributed by atoms with Crippen LogP contribution >= 0.6 is 0 Å². The molecule has 144 valence electrons. The van der Waals surface area contributed by atoms with Crippen LogP contribution in [0, 0.1) is 0 Å². The molecule has 10 atom stereocenters. The van der Waals surface area contributed by atoms with Gasteiger partial charge in [0.05, 0.1) is 13.2 Å². The lowest BCUT2D eigenvalue weighted by Crippen LogP contribution is -2.58. The number of aliphatic hydroxyl groups is 8. The predicted molar refractivity (Wildman–Crippen MR) is 77.0 cm³/mol. The van der Waals surface area contributed by atoms with Crippen LogP contribution < -0.4 is 5.32 Å². The van der Waals surface area contributed by atoms with Gasteiger partial charge >= 0.3 is 0 Å². The van der Waals surface area contributed by atoms with E-state index in [9.17, 15) is 35.7 Å². The van der Waals surface area contributed by atoms with Crippen molar-refractivity contribution < 1.29 is 50.3 Å². The molecule has 0 bridgehead atoms. The number of fused-ring (bicyclic) bond motifs is 1. The van der Waals surface area contributed by atoms with E-state index in [1.807, 2.05) is 0 Å². The molecule has 12 heteroatoms. The Bertz CT molecular complexity index is 533. The van der Waals surface area contributed by atoms with Crippen LogP contribution in [0.5, 0.6) is 0 Å². The molecule has 0 spiro atoms. The number of amidine groups is 1. The van der Waals surface area contributed by atoms with Gasteiger partial charge in [-0.3, -0.25) is 0 Å². The van der Waals surface area contributed by atoms with Crippen molar-refractivity contribution in [2.24, 2.45) is 4.99 Å². The highest BCUT2D eigenvalue weighted by atomic mass is 16.6. The van der Waals surface area contributed by atoms with Gasteiger partial charge in [-0.25, -0.2) is 4.99 Å². The van der Waals surface area contributed by atoms with Gasteiger partial charge in [-0.05, 0) is 0 Å². The quantitative estimate of drug-likeness (QED) is 0.230. The molecule has 0 aromatic carbocycles. The van der Waals surface area contributed by atoms with Gasteiger partial charge in [0.15, 0.2) is 12.3 Å². The molecule has 0 aromatic heterocycles. The van der Waals surface area contributed by atoms with Crippen molar-refractivity contribution in [3.8, 4) is 0 Å². The van der Waals surface area contributed by atoms with Crippen molar-refractivity contribution in [3.05, 3.63) is 0 Å². The molecule has 25 heavy (non-hydrogen) atoms. The molecule has 7 unspecified atom stereocenters. The molecular weight excluding hydrogens is 344 g/mol. The maximum atomic E-state index is 10.3. The largest absolute Gasteiger partial charge is 0.457 e. The molecule has 12 nitrogen and oxygen atoms in total. The van der Waals surface area contributed by atoms with E-state index in [4.69, 9.17) is 14.6 Å². The van der Waals surface area contributed by atoms with E-state index in [1.54, 1.807) is 0 Å². The lowest BCUT2D eigenvalue weighted by Gasteiger charge is -2.38. The third kappa shape index (κ3) is 2.79. The van der Waals surface area contributed by atoms with Crippen molar-refractivity contribution in [3.63, 3.8) is 0 Å². The summed E-state index contributed by atoms with van der Waals surface area (Å²) in [6, 6.07) is -1.34. The highest BCUT2D eigenvalue weighted by molar-refractivity contribution is 5.77. The van der Waals surface area contributed by atoms with Gasteiger partial charge in [-0.2, -0.15) is 0 Å².